The summed E-state index contributed by atoms with van der Waals surface area (Å²) in [6.07, 6.45) is 1.02. The van der Waals surface area contributed by atoms with E-state index in [2.05, 4.69) is 41.8 Å². The van der Waals surface area contributed by atoms with E-state index in [1.165, 1.54) is 0 Å². The van der Waals surface area contributed by atoms with E-state index in [9.17, 15) is 9.59 Å². The second kappa shape index (κ2) is 17.0. The quantitative estimate of drug-likeness (QED) is 0.144. The van der Waals surface area contributed by atoms with Gasteiger partial charge in [0.25, 0.3) is 0 Å². The highest BCUT2D eigenvalue weighted by Crippen LogP contribution is 2.19. The van der Waals surface area contributed by atoms with Gasteiger partial charge in [0.15, 0.2) is 5.78 Å². The number of hydrogen-bond donors (Lipinski definition) is 1. The molecule has 1 heterocycles. The molecule has 188 valence electrons. The van der Waals surface area contributed by atoms with Gasteiger partial charge in [-0.05, 0) is 24.6 Å². The van der Waals surface area contributed by atoms with E-state index in [-0.39, 0.29) is 18.8 Å². The Kier molecular flexibility index (Phi) is 14.4. The molecule has 1 aromatic carbocycles. The average Bonchev–Trinajstić information content (AvgIpc) is 2.84. The molecule has 0 amide bonds. The number of rotatable bonds is 19. The van der Waals surface area contributed by atoms with Crippen molar-refractivity contribution in [2.75, 3.05) is 52.9 Å². The van der Waals surface area contributed by atoms with E-state index in [0.29, 0.717) is 80.8 Å². The Morgan fingerprint density at radius 2 is 1.26 bits per heavy atom. The van der Waals surface area contributed by atoms with Crippen molar-refractivity contribution in [3.05, 3.63) is 35.2 Å². The van der Waals surface area contributed by atoms with Crippen molar-refractivity contribution < 1.29 is 33.6 Å². The monoisotopic (exact) mass is 604 g/mol. The predicted molar refractivity (Wildman–Crippen MR) is 134 cm³/mol. The van der Waals surface area contributed by atoms with Crippen LogP contribution in [0.2, 0.25) is 0 Å². The first-order chi connectivity index (χ1) is 16.5. The van der Waals surface area contributed by atoms with Crippen molar-refractivity contribution in [3.8, 4) is 0 Å². The third kappa shape index (κ3) is 10.8. The van der Waals surface area contributed by atoms with Crippen LogP contribution in [0.25, 0.3) is 11.0 Å². The third-order valence-corrected chi connectivity index (χ3v) is 5.73. The smallest absolute Gasteiger partial charge is 0.305 e. The molecular weight excluding hydrogens is 576 g/mol. The van der Waals surface area contributed by atoms with Crippen LogP contribution < -0.4 is 0 Å². The Bertz CT molecular complexity index is 914. The number of carboxylic acid groups (broad SMARTS) is 1. The van der Waals surface area contributed by atoms with Crippen molar-refractivity contribution >= 4 is 54.6 Å². The van der Waals surface area contributed by atoms with Crippen molar-refractivity contribution in [1.82, 2.24) is 9.97 Å². The number of nitrogens with zero attached hydrogens (tertiary/aromatic N) is 2. The van der Waals surface area contributed by atoms with E-state index in [4.69, 9.17) is 24.1 Å². The predicted octanol–water partition coefficient (Wildman–Crippen LogP) is 3.92. The number of halogens is 2. The van der Waals surface area contributed by atoms with Crippen LogP contribution in [-0.4, -0.2) is 79.7 Å². The maximum absolute atomic E-state index is 12.5. The molecular formula is C23H30Br2N2O7. The second-order valence-electron chi connectivity index (χ2n) is 7.21. The van der Waals surface area contributed by atoms with E-state index in [0.717, 1.165) is 16.9 Å². The van der Waals surface area contributed by atoms with Gasteiger partial charge < -0.3 is 24.1 Å². The highest BCUT2D eigenvalue weighted by atomic mass is 79.9. The molecule has 2 rings (SSSR count). The summed E-state index contributed by atoms with van der Waals surface area (Å²) in [6, 6.07) is 5.43. The summed E-state index contributed by atoms with van der Waals surface area (Å²) in [4.78, 5) is 32.1. The maximum Gasteiger partial charge on any atom is 0.305 e. The van der Waals surface area contributed by atoms with Crippen molar-refractivity contribution in [1.29, 1.82) is 0 Å². The first-order valence-corrected chi connectivity index (χ1v) is 13.3. The lowest BCUT2D eigenvalue weighted by Gasteiger charge is -2.08. The SMILES string of the molecule is O=C(O)CCOCCOCCOCCOCCCC(=O)c1ccc2nc(CBr)c(CBr)nc2c1. The molecule has 0 aliphatic rings. The lowest BCUT2D eigenvalue weighted by Crippen LogP contribution is -2.13. The van der Waals surface area contributed by atoms with Gasteiger partial charge in [0.05, 0.1) is 75.1 Å². The van der Waals surface area contributed by atoms with Crippen molar-refractivity contribution in [2.45, 2.75) is 29.9 Å². The molecule has 1 aromatic heterocycles. The van der Waals surface area contributed by atoms with Crippen LogP contribution in [-0.2, 0) is 34.4 Å². The maximum atomic E-state index is 12.5. The van der Waals surface area contributed by atoms with E-state index >= 15 is 0 Å². The van der Waals surface area contributed by atoms with Gasteiger partial charge in [0, 0.05) is 29.3 Å². The standard InChI is InChI=1S/C23H30Br2N2O7/c24-15-20-21(16-25)27-19-14-17(3-4-18(19)26-20)22(28)2-1-6-31-8-10-33-12-13-34-11-9-32-7-5-23(29)30/h3-4,14H,1-2,5-13,15-16H2,(H,29,30). The van der Waals surface area contributed by atoms with Crippen LogP contribution in [0.3, 0.4) is 0 Å². The zero-order valence-electron chi connectivity index (χ0n) is 19.0. The molecule has 0 saturated carbocycles. The van der Waals surface area contributed by atoms with Crippen molar-refractivity contribution in [2.24, 2.45) is 0 Å². The van der Waals surface area contributed by atoms with Gasteiger partial charge in [-0.2, -0.15) is 0 Å². The Hall–Kier alpha value is -1.50. The average molecular weight is 606 g/mol. The fourth-order valence-electron chi connectivity index (χ4n) is 2.92. The van der Waals surface area contributed by atoms with Gasteiger partial charge in [0.1, 0.15) is 0 Å². The lowest BCUT2D eigenvalue weighted by atomic mass is 10.1. The van der Waals surface area contributed by atoms with Gasteiger partial charge in [0.2, 0.25) is 0 Å². The minimum absolute atomic E-state index is 0.00715. The fourth-order valence-corrected chi connectivity index (χ4v) is 3.81. The number of aliphatic carboxylic acids is 1. The summed E-state index contributed by atoms with van der Waals surface area (Å²) in [5.74, 6) is -0.825. The number of alkyl halides is 2. The zero-order chi connectivity index (χ0) is 24.6. The van der Waals surface area contributed by atoms with E-state index < -0.39 is 5.97 Å². The van der Waals surface area contributed by atoms with Crippen LogP contribution in [0, 0.1) is 0 Å². The highest BCUT2D eigenvalue weighted by molar-refractivity contribution is 9.09. The number of carboxylic acids is 1. The highest BCUT2D eigenvalue weighted by Gasteiger charge is 2.11. The molecule has 34 heavy (non-hydrogen) atoms. The van der Waals surface area contributed by atoms with Gasteiger partial charge >= 0.3 is 5.97 Å². The Labute approximate surface area is 215 Å². The molecule has 0 unspecified atom stereocenters. The van der Waals surface area contributed by atoms with Crippen molar-refractivity contribution in [3.63, 3.8) is 0 Å². The Morgan fingerprint density at radius 3 is 1.82 bits per heavy atom. The Balaban J connectivity index is 1.52. The van der Waals surface area contributed by atoms with Gasteiger partial charge in [-0.15, -0.1) is 0 Å². The first-order valence-electron chi connectivity index (χ1n) is 11.0. The molecule has 2 aromatic rings. The van der Waals surface area contributed by atoms with Crippen LogP contribution in [0.1, 0.15) is 41.0 Å². The number of carbonyl (C=O) groups is 2. The molecule has 0 fully saturated rings. The molecule has 0 radical (unpaired) electrons. The van der Waals surface area contributed by atoms with Crippen LogP contribution in [0.4, 0.5) is 0 Å². The van der Waals surface area contributed by atoms with Gasteiger partial charge in [-0.1, -0.05) is 31.9 Å². The topological polar surface area (TPSA) is 117 Å². The number of carbonyl (C=O) groups excluding carboxylic acids is 1. The van der Waals surface area contributed by atoms with Crippen LogP contribution in [0.5, 0.6) is 0 Å². The van der Waals surface area contributed by atoms with Crippen LogP contribution >= 0.6 is 31.9 Å². The summed E-state index contributed by atoms with van der Waals surface area (Å²) in [7, 11) is 0. The summed E-state index contributed by atoms with van der Waals surface area (Å²) in [5.41, 5.74) is 3.86. The second-order valence-corrected chi connectivity index (χ2v) is 8.33. The number of benzene rings is 1. The number of ether oxygens (including phenoxy) is 4. The Morgan fingerprint density at radius 1 is 0.735 bits per heavy atom. The summed E-state index contributed by atoms with van der Waals surface area (Å²) >= 11 is 6.86. The molecule has 9 nitrogen and oxygen atoms in total. The fraction of sp³-hybridized carbons (Fsp3) is 0.565. The normalized spacial score (nSPS) is 11.2. The molecule has 0 aliphatic carbocycles. The molecule has 0 aliphatic heterocycles. The number of ketones is 1. The molecule has 11 heteroatoms. The largest absolute Gasteiger partial charge is 0.481 e. The van der Waals surface area contributed by atoms with Gasteiger partial charge in [-0.25, -0.2) is 9.97 Å². The molecule has 0 saturated heterocycles. The number of Topliss-reactive ketones (excluding diaryl/α,β-unsaturated/α-hetero) is 1. The van der Waals surface area contributed by atoms with E-state index in [1.54, 1.807) is 12.1 Å². The summed E-state index contributed by atoms with van der Waals surface area (Å²) in [5, 5.41) is 9.71. The van der Waals surface area contributed by atoms with E-state index in [1.807, 2.05) is 6.07 Å². The van der Waals surface area contributed by atoms with Gasteiger partial charge in [-0.3, -0.25) is 9.59 Å². The summed E-state index contributed by atoms with van der Waals surface area (Å²) in [6.45, 7) is 3.19. The minimum atomic E-state index is -0.878. The number of aromatic nitrogens is 2. The number of hydrogen-bond acceptors (Lipinski definition) is 8. The third-order valence-electron chi connectivity index (χ3n) is 4.66. The molecule has 0 spiro atoms. The molecule has 0 bridgehead atoms. The summed E-state index contributed by atoms with van der Waals surface area (Å²) < 4.78 is 21.4. The number of fused-ring (bicyclic) bond motifs is 1. The first kappa shape index (κ1) is 28.7. The zero-order valence-corrected chi connectivity index (χ0v) is 22.1. The molecule has 0 atom stereocenters. The minimum Gasteiger partial charge on any atom is -0.481 e. The molecule has 1 N–H and O–H groups in total. The lowest BCUT2D eigenvalue weighted by molar-refractivity contribution is -0.138. The van der Waals surface area contributed by atoms with Crippen LogP contribution in [0.15, 0.2) is 18.2 Å².